The van der Waals surface area contributed by atoms with Gasteiger partial charge in [-0.25, -0.2) is 14.4 Å². The molecule has 2 N–H and O–H groups in total. The molecule has 46 heavy (non-hydrogen) atoms. The second kappa shape index (κ2) is 13.2. The lowest BCUT2D eigenvalue weighted by atomic mass is 10.0. The van der Waals surface area contributed by atoms with Crippen molar-refractivity contribution >= 4 is 40.0 Å². The SMILES string of the molecule is Cc1cccc2ccnc(N(C(=O)c3ccc(Nc4nccc(N5CCOCC5c5cccnc5)n4)cc3F)[C@@H]3CCCNC3)c12. The average molecular weight is 619 g/mol. The molecule has 0 bridgehead atoms. The van der Waals surface area contributed by atoms with Crippen molar-refractivity contribution in [2.75, 3.05) is 48.0 Å². The summed E-state index contributed by atoms with van der Waals surface area (Å²) in [7, 11) is 0. The maximum absolute atomic E-state index is 15.9. The molecule has 7 rings (SSSR count). The zero-order chi connectivity index (χ0) is 31.5. The van der Waals surface area contributed by atoms with Gasteiger partial charge in [-0.2, -0.15) is 4.98 Å². The number of hydrogen-bond donors (Lipinski definition) is 2. The van der Waals surface area contributed by atoms with Gasteiger partial charge in [-0.1, -0.05) is 24.3 Å². The molecule has 2 atom stereocenters. The van der Waals surface area contributed by atoms with Crippen molar-refractivity contribution in [1.29, 1.82) is 0 Å². The summed E-state index contributed by atoms with van der Waals surface area (Å²) in [5.41, 5.74) is 2.45. The number of carbonyl (C=O) groups is 1. The quantitative estimate of drug-likeness (QED) is 0.241. The number of benzene rings is 2. The fourth-order valence-corrected chi connectivity index (χ4v) is 6.38. The van der Waals surface area contributed by atoms with Gasteiger partial charge in [0.05, 0.1) is 30.9 Å². The van der Waals surface area contributed by atoms with Gasteiger partial charge in [0.1, 0.15) is 17.5 Å². The molecular formula is C35H35FN8O2. The van der Waals surface area contributed by atoms with E-state index in [0.29, 0.717) is 43.8 Å². The highest BCUT2D eigenvalue weighted by molar-refractivity contribution is 6.11. The number of nitrogens with one attached hydrogen (secondary N) is 2. The van der Waals surface area contributed by atoms with E-state index in [2.05, 4.69) is 30.5 Å². The van der Waals surface area contributed by atoms with Crippen molar-refractivity contribution in [3.8, 4) is 0 Å². The van der Waals surface area contributed by atoms with Crippen molar-refractivity contribution in [2.24, 2.45) is 0 Å². The number of halogens is 1. The molecule has 3 aromatic heterocycles. The van der Waals surface area contributed by atoms with Crippen molar-refractivity contribution in [3.63, 3.8) is 0 Å². The molecule has 0 radical (unpaired) electrons. The zero-order valence-electron chi connectivity index (χ0n) is 25.6. The fraction of sp³-hybridized carbons (Fsp3) is 0.286. The number of anilines is 4. The summed E-state index contributed by atoms with van der Waals surface area (Å²) in [5, 5.41) is 8.39. The molecular weight excluding hydrogens is 583 g/mol. The van der Waals surface area contributed by atoms with Crippen molar-refractivity contribution in [2.45, 2.75) is 31.8 Å². The topological polar surface area (TPSA) is 108 Å². The molecule has 234 valence electrons. The van der Waals surface area contributed by atoms with Gasteiger partial charge in [-0.05, 0) is 79.2 Å². The Bertz CT molecular complexity index is 1840. The first-order valence-corrected chi connectivity index (χ1v) is 15.6. The van der Waals surface area contributed by atoms with Crippen LogP contribution in [0.25, 0.3) is 10.8 Å². The molecule has 10 nitrogen and oxygen atoms in total. The van der Waals surface area contributed by atoms with Crippen LogP contribution in [-0.2, 0) is 4.74 Å². The van der Waals surface area contributed by atoms with E-state index in [1.165, 1.54) is 12.1 Å². The number of fused-ring (bicyclic) bond motifs is 1. The molecule has 0 aliphatic carbocycles. The Morgan fingerprint density at radius 1 is 1.09 bits per heavy atom. The number of pyridine rings is 2. The highest BCUT2D eigenvalue weighted by Gasteiger charge is 2.32. The third-order valence-electron chi connectivity index (χ3n) is 8.65. The number of hydrogen-bond acceptors (Lipinski definition) is 9. The maximum Gasteiger partial charge on any atom is 0.262 e. The molecule has 2 saturated heterocycles. The molecule has 2 aliphatic rings. The summed E-state index contributed by atoms with van der Waals surface area (Å²) in [5.74, 6) is 0.526. The molecule has 0 spiro atoms. The lowest BCUT2D eigenvalue weighted by molar-refractivity contribution is 0.0936. The molecule has 5 aromatic rings. The van der Waals surface area contributed by atoms with E-state index < -0.39 is 11.7 Å². The summed E-state index contributed by atoms with van der Waals surface area (Å²) < 4.78 is 21.6. The number of aryl methyl sites for hydroxylation is 1. The molecule has 1 unspecified atom stereocenters. The molecule has 2 fully saturated rings. The highest BCUT2D eigenvalue weighted by atomic mass is 19.1. The van der Waals surface area contributed by atoms with E-state index in [1.807, 2.05) is 55.6 Å². The fourth-order valence-electron chi connectivity index (χ4n) is 6.38. The molecule has 2 aromatic carbocycles. The first kappa shape index (κ1) is 29.7. The predicted molar refractivity (Wildman–Crippen MR) is 176 cm³/mol. The van der Waals surface area contributed by atoms with Crippen molar-refractivity contribution < 1.29 is 13.9 Å². The minimum atomic E-state index is -0.637. The first-order chi connectivity index (χ1) is 22.6. The molecule has 11 heteroatoms. The minimum absolute atomic E-state index is 0.0224. The van der Waals surface area contributed by atoms with E-state index in [4.69, 9.17) is 9.72 Å². The number of rotatable bonds is 7. The minimum Gasteiger partial charge on any atom is -0.377 e. The van der Waals surface area contributed by atoms with Gasteiger partial charge in [0, 0.05) is 49.0 Å². The normalized spacial score (nSPS) is 18.3. The van der Waals surface area contributed by atoms with Gasteiger partial charge in [0.2, 0.25) is 5.95 Å². The Morgan fingerprint density at radius 3 is 2.83 bits per heavy atom. The van der Waals surface area contributed by atoms with Crippen LogP contribution < -0.4 is 20.4 Å². The van der Waals surface area contributed by atoms with E-state index >= 15 is 4.39 Å². The summed E-state index contributed by atoms with van der Waals surface area (Å²) in [6.07, 6.45) is 8.67. The van der Waals surface area contributed by atoms with Gasteiger partial charge < -0.3 is 20.3 Å². The Balaban J connectivity index is 1.16. The Hall–Kier alpha value is -5.00. The monoisotopic (exact) mass is 618 g/mol. The Morgan fingerprint density at radius 2 is 2.00 bits per heavy atom. The van der Waals surface area contributed by atoms with Crippen LogP contribution in [0.4, 0.5) is 27.7 Å². The summed E-state index contributed by atoms with van der Waals surface area (Å²) in [4.78, 5) is 36.1. The van der Waals surface area contributed by atoms with E-state index in [1.54, 1.807) is 29.6 Å². The maximum atomic E-state index is 15.9. The lowest BCUT2D eigenvalue weighted by Crippen LogP contribution is -2.49. The van der Waals surface area contributed by atoms with Crippen LogP contribution in [0.3, 0.4) is 0 Å². The summed E-state index contributed by atoms with van der Waals surface area (Å²) in [6.45, 7) is 5.24. The van der Waals surface area contributed by atoms with E-state index in [9.17, 15) is 4.79 Å². The number of nitrogens with zero attached hydrogens (tertiary/aromatic N) is 6. The van der Waals surface area contributed by atoms with Gasteiger partial charge in [-0.15, -0.1) is 0 Å². The van der Waals surface area contributed by atoms with Crippen molar-refractivity contribution in [3.05, 3.63) is 108 Å². The largest absolute Gasteiger partial charge is 0.377 e. The lowest BCUT2D eigenvalue weighted by Gasteiger charge is -2.36. The number of ether oxygens (including phenoxy) is 1. The van der Waals surface area contributed by atoms with Crippen LogP contribution in [0.1, 0.15) is 40.4 Å². The van der Waals surface area contributed by atoms with Crippen LogP contribution >= 0.6 is 0 Å². The van der Waals surface area contributed by atoms with Gasteiger partial charge in [0.15, 0.2) is 0 Å². The Kier molecular flexibility index (Phi) is 8.49. The van der Waals surface area contributed by atoms with Crippen LogP contribution in [0.2, 0.25) is 0 Å². The zero-order valence-corrected chi connectivity index (χ0v) is 25.6. The first-order valence-electron chi connectivity index (χ1n) is 15.6. The van der Waals surface area contributed by atoms with Gasteiger partial charge in [-0.3, -0.25) is 14.7 Å². The van der Waals surface area contributed by atoms with Crippen LogP contribution in [0.15, 0.2) is 85.5 Å². The number of morpholine rings is 1. The second-order valence-electron chi connectivity index (χ2n) is 11.6. The van der Waals surface area contributed by atoms with Gasteiger partial charge >= 0.3 is 0 Å². The Labute approximate surface area is 266 Å². The average Bonchev–Trinajstić information content (AvgIpc) is 3.09. The van der Waals surface area contributed by atoms with Crippen molar-refractivity contribution in [1.82, 2.24) is 25.3 Å². The number of carbonyl (C=O) groups excluding carboxylic acids is 1. The standard InChI is InChI=1S/C35H35FN8O2/c1-23-5-2-6-24-11-15-39-33(32(23)24)44(27-8-4-14-38-21-27)34(45)28-10-9-26(19-29(28)36)41-35-40-16-12-31(42-35)43-17-18-46-22-30(43)25-7-3-13-37-20-25/h2-3,5-7,9-13,15-16,19-20,27,30,38H,4,8,14,17-18,21-22H2,1H3,(H,40,41,42)/t27-,30?/m1/s1. The third kappa shape index (κ3) is 5.99. The highest BCUT2D eigenvalue weighted by Crippen LogP contribution is 2.33. The van der Waals surface area contributed by atoms with E-state index in [0.717, 1.165) is 47.1 Å². The molecule has 5 heterocycles. The number of amides is 1. The number of aromatic nitrogens is 4. The third-order valence-corrected chi connectivity index (χ3v) is 8.65. The predicted octanol–water partition coefficient (Wildman–Crippen LogP) is 5.59. The molecule has 1 amide bonds. The van der Waals surface area contributed by atoms with E-state index in [-0.39, 0.29) is 17.6 Å². The molecule has 0 saturated carbocycles. The summed E-state index contributed by atoms with van der Waals surface area (Å²) >= 11 is 0. The number of piperidine rings is 1. The molecule has 2 aliphatic heterocycles. The smallest absolute Gasteiger partial charge is 0.262 e. The van der Waals surface area contributed by atoms with Gasteiger partial charge in [0.25, 0.3) is 5.91 Å². The van der Waals surface area contributed by atoms with Crippen LogP contribution in [0, 0.1) is 12.7 Å². The van der Waals surface area contributed by atoms with Crippen LogP contribution in [-0.4, -0.2) is 64.7 Å². The second-order valence-corrected chi connectivity index (χ2v) is 11.6. The van der Waals surface area contributed by atoms with Crippen LogP contribution in [0.5, 0.6) is 0 Å². The summed E-state index contributed by atoms with van der Waals surface area (Å²) in [6, 6.07) is 18.0.